The molecule has 2 unspecified atom stereocenters. The standard InChI is InChI=1S/C25H39NO/c1-3-24(26-18-8-5-9-19-26)25(20-12-6-4-7-13-20)17-11-14-21-22(25)15-10-16-23(21)27-2/h10,15-16,20,24H,3-9,11-14,17-19H2,1-2H3. The molecule has 2 heteroatoms. The van der Waals surface area contributed by atoms with Gasteiger partial charge in [0.25, 0.3) is 0 Å². The van der Waals surface area contributed by atoms with Crippen LogP contribution in [0.4, 0.5) is 0 Å². The van der Waals surface area contributed by atoms with Gasteiger partial charge in [-0.3, -0.25) is 4.90 Å². The average molecular weight is 370 g/mol. The summed E-state index contributed by atoms with van der Waals surface area (Å²) < 4.78 is 5.84. The minimum Gasteiger partial charge on any atom is -0.496 e. The molecule has 1 heterocycles. The molecule has 0 radical (unpaired) electrons. The van der Waals surface area contributed by atoms with E-state index in [9.17, 15) is 0 Å². The summed E-state index contributed by atoms with van der Waals surface area (Å²) in [5.74, 6) is 1.99. The van der Waals surface area contributed by atoms with Crippen LogP contribution in [-0.2, 0) is 11.8 Å². The van der Waals surface area contributed by atoms with E-state index in [1.54, 1.807) is 5.56 Å². The van der Waals surface area contributed by atoms with E-state index in [1.165, 1.54) is 95.7 Å². The van der Waals surface area contributed by atoms with E-state index in [4.69, 9.17) is 4.74 Å². The van der Waals surface area contributed by atoms with Gasteiger partial charge in [0.1, 0.15) is 5.75 Å². The number of rotatable bonds is 5. The Morgan fingerprint density at radius 3 is 2.48 bits per heavy atom. The first-order valence-corrected chi connectivity index (χ1v) is 11.7. The Kier molecular flexibility index (Phi) is 6.12. The van der Waals surface area contributed by atoms with Crippen LogP contribution in [0.15, 0.2) is 18.2 Å². The van der Waals surface area contributed by atoms with Crippen molar-refractivity contribution >= 4 is 0 Å². The number of ether oxygens (including phenoxy) is 1. The van der Waals surface area contributed by atoms with Crippen LogP contribution in [0.25, 0.3) is 0 Å². The van der Waals surface area contributed by atoms with Crippen molar-refractivity contribution in [2.45, 2.75) is 95.4 Å². The van der Waals surface area contributed by atoms with Crippen molar-refractivity contribution in [1.82, 2.24) is 4.90 Å². The Morgan fingerprint density at radius 2 is 1.78 bits per heavy atom. The van der Waals surface area contributed by atoms with Crippen molar-refractivity contribution < 1.29 is 4.74 Å². The molecule has 3 aliphatic rings. The third-order valence-electron chi connectivity index (χ3n) is 8.02. The quantitative estimate of drug-likeness (QED) is 0.620. The van der Waals surface area contributed by atoms with Crippen molar-refractivity contribution in [3.63, 3.8) is 0 Å². The van der Waals surface area contributed by atoms with Crippen LogP contribution >= 0.6 is 0 Å². The average Bonchev–Trinajstić information content (AvgIpc) is 2.75. The molecule has 2 nitrogen and oxygen atoms in total. The van der Waals surface area contributed by atoms with E-state index in [-0.39, 0.29) is 0 Å². The molecule has 0 amide bonds. The van der Waals surface area contributed by atoms with Gasteiger partial charge >= 0.3 is 0 Å². The predicted octanol–water partition coefficient (Wildman–Crippen LogP) is 6.11. The molecular formula is C25H39NO. The molecule has 4 rings (SSSR count). The smallest absolute Gasteiger partial charge is 0.122 e. The molecule has 1 saturated carbocycles. The monoisotopic (exact) mass is 369 g/mol. The van der Waals surface area contributed by atoms with Crippen LogP contribution < -0.4 is 4.74 Å². The number of methoxy groups -OCH3 is 1. The molecule has 0 spiro atoms. The highest BCUT2D eigenvalue weighted by Crippen LogP contribution is 2.53. The summed E-state index contributed by atoms with van der Waals surface area (Å²) in [4.78, 5) is 2.90. The molecule has 150 valence electrons. The van der Waals surface area contributed by atoms with Gasteiger partial charge in [-0.1, -0.05) is 44.7 Å². The maximum absolute atomic E-state index is 5.84. The zero-order chi connectivity index (χ0) is 18.7. The molecule has 1 aromatic rings. The Balaban J connectivity index is 1.82. The number of hydrogen-bond donors (Lipinski definition) is 0. The summed E-state index contributed by atoms with van der Waals surface area (Å²) in [7, 11) is 1.86. The number of piperidine rings is 1. The summed E-state index contributed by atoms with van der Waals surface area (Å²) >= 11 is 0. The molecule has 2 fully saturated rings. The van der Waals surface area contributed by atoms with Crippen molar-refractivity contribution in [2.75, 3.05) is 20.2 Å². The Hall–Kier alpha value is -1.02. The highest BCUT2D eigenvalue weighted by Gasteiger charge is 2.50. The van der Waals surface area contributed by atoms with Gasteiger partial charge in [-0.15, -0.1) is 0 Å². The third-order valence-corrected chi connectivity index (χ3v) is 8.02. The van der Waals surface area contributed by atoms with Crippen LogP contribution in [-0.4, -0.2) is 31.1 Å². The van der Waals surface area contributed by atoms with Gasteiger partial charge in [0.15, 0.2) is 0 Å². The molecule has 1 aromatic carbocycles. The lowest BCUT2D eigenvalue weighted by Crippen LogP contribution is -2.57. The van der Waals surface area contributed by atoms with Gasteiger partial charge in [0.05, 0.1) is 7.11 Å². The van der Waals surface area contributed by atoms with Crippen molar-refractivity contribution in [3.8, 4) is 5.75 Å². The second-order valence-electron chi connectivity index (χ2n) is 9.24. The molecule has 2 atom stereocenters. The Labute approximate surface area is 166 Å². The number of hydrogen-bond acceptors (Lipinski definition) is 2. The van der Waals surface area contributed by atoms with Gasteiger partial charge in [-0.05, 0) is 87.6 Å². The lowest BCUT2D eigenvalue weighted by Gasteiger charge is -2.55. The summed E-state index contributed by atoms with van der Waals surface area (Å²) in [6.07, 6.45) is 16.6. The maximum Gasteiger partial charge on any atom is 0.122 e. The van der Waals surface area contributed by atoms with Gasteiger partial charge < -0.3 is 4.74 Å². The highest BCUT2D eigenvalue weighted by atomic mass is 16.5. The number of fused-ring (bicyclic) bond motifs is 1. The van der Waals surface area contributed by atoms with E-state index >= 15 is 0 Å². The number of benzene rings is 1. The first kappa shape index (κ1) is 19.3. The van der Waals surface area contributed by atoms with Gasteiger partial charge in [0.2, 0.25) is 0 Å². The topological polar surface area (TPSA) is 12.5 Å². The van der Waals surface area contributed by atoms with Gasteiger partial charge in [0, 0.05) is 11.5 Å². The number of nitrogens with zero attached hydrogens (tertiary/aromatic N) is 1. The minimum atomic E-state index is 0.342. The predicted molar refractivity (Wildman–Crippen MR) is 114 cm³/mol. The second-order valence-corrected chi connectivity index (χ2v) is 9.24. The van der Waals surface area contributed by atoms with E-state index < -0.39 is 0 Å². The lowest BCUT2D eigenvalue weighted by molar-refractivity contribution is 0.0311. The summed E-state index contributed by atoms with van der Waals surface area (Å²) in [5, 5.41) is 0. The first-order chi connectivity index (χ1) is 13.3. The van der Waals surface area contributed by atoms with E-state index in [0.29, 0.717) is 11.5 Å². The summed E-state index contributed by atoms with van der Waals surface area (Å²) in [6, 6.07) is 7.64. The highest BCUT2D eigenvalue weighted by molar-refractivity contribution is 5.47. The van der Waals surface area contributed by atoms with E-state index in [0.717, 1.165) is 11.7 Å². The fourth-order valence-corrected chi connectivity index (χ4v) is 6.98. The molecule has 27 heavy (non-hydrogen) atoms. The molecule has 0 N–H and O–H groups in total. The Bertz CT molecular complexity index is 615. The van der Waals surface area contributed by atoms with Crippen LogP contribution in [0.1, 0.15) is 88.7 Å². The molecule has 1 aliphatic heterocycles. The fraction of sp³-hybridized carbons (Fsp3) is 0.760. The van der Waals surface area contributed by atoms with Crippen LogP contribution in [0.5, 0.6) is 5.75 Å². The molecule has 0 aromatic heterocycles. The van der Waals surface area contributed by atoms with Crippen LogP contribution in [0, 0.1) is 5.92 Å². The first-order valence-electron chi connectivity index (χ1n) is 11.7. The zero-order valence-electron chi connectivity index (χ0n) is 17.6. The molecule has 1 saturated heterocycles. The molecular weight excluding hydrogens is 330 g/mol. The Morgan fingerprint density at radius 1 is 1.04 bits per heavy atom. The van der Waals surface area contributed by atoms with Crippen molar-refractivity contribution in [3.05, 3.63) is 29.3 Å². The maximum atomic E-state index is 5.84. The number of likely N-dealkylation sites (tertiary alicyclic amines) is 1. The third kappa shape index (κ3) is 3.43. The summed E-state index contributed by atoms with van der Waals surface area (Å²) in [6.45, 7) is 5.08. The van der Waals surface area contributed by atoms with Crippen molar-refractivity contribution in [1.29, 1.82) is 0 Å². The van der Waals surface area contributed by atoms with Crippen LogP contribution in [0.3, 0.4) is 0 Å². The fourth-order valence-electron chi connectivity index (χ4n) is 6.98. The second kappa shape index (κ2) is 8.55. The van der Waals surface area contributed by atoms with E-state index in [1.807, 2.05) is 7.11 Å². The largest absolute Gasteiger partial charge is 0.496 e. The normalized spacial score (nSPS) is 28.5. The zero-order valence-corrected chi connectivity index (χ0v) is 17.6. The molecule has 0 bridgehead atoms. The van der Waals surface area contributed by atoms with Crippen molar-refractivity contribution in [2.24, 2.45) is 5.92 Å². The minimum absolute atomic E-state index is 0.342. The van der Waals surface area contributed by atoms with Crippen LogP contribution in [0.2, 0.25) is 0 Å². The van der Waals surface area contributed by atoms with Gasteiger partial charge in [-0.25, -0.2) is 0 Å². The lowest BCUT2D eigenvalue weighted by atomic mass is 9.55. The summed E-state index contributed by atoms with van der Waals surface area (Å²) in [5.41, 5.74) is 3.54. The molecule has 2 aliphatic carbocycles. The SMILES string of the molecule is CCC(N1CCCCC1)C1(C2CCCCC2)CCCc2c(OC)cccc21. The van der Waals surface area contributed by atoms with E-state index in [2.05, 4.69) is 30.0 Å². The van der Waals surface area contributed by atoms with Gasteiger partial charge in [-0.2, -0.15) is 0 Å².